The van der Waals surface area contributed by atoms with Crippen LogP contribution in [0.5, 0.6) is 51.7 Å². The second-order valence-electron chi connectivity index (χ2n) is 22.4. The molecule has 544 valence electrons. The summed E-state index contributed by atoms with van der Waals surface area (Å²) < 4.78 is 41.4. The third-order valence-electron chi connectivity index (χ3n) is 15.7. The van der Waals surface area contributed by atoms with Crippen LogP contribution in [0.3, 0.4) is 0 Å². The first-order valence-electron chi connectivity index (χ1n) is 32.0. The monoisotopic (exact) mass is 1460 g/mol. The van der Waals surface area contributed by atoms with Gasteiger partial charge in [0.05, 0.1) is 85.1 Å². The number of rotatable bonds is 22. The molecular weight excluding hydrogens is 1400 g/mol. The summed E-state index contributed by atoms with van der Waals surface area (Å²) in [7, 11) is 8.87. The van der Waals surface area contributed by atoms with Crippen molar-refractivity contribution in [2.24, 2.45) is 0 Å². The highest BCUT2D eigenvalue weighted by atomic mass is 16.7. The number of nitro benzene ring substituents is 4. The van der Waals surface area contributed by atoms with Crippen molar-refractivity contribution in [1.29, 1.82) is 0 Å². The van der Waals surface area contributed by atoms with Gasteiger partial charge in [0.15, 0.2) is 46.0 Å². The molecule has 0 radical (unpaired) electrons. The molecule has 0 spiro atoms. The molecule has 0 atom stereocenters. The van der Waals surface area contributed by atoms with Gasteiger partial charge in [-0.15, -0.1) is 0 Å². The van der Waals surface area contributed by atoms with Gasteiger partial charge in [-0.25, -0.2) is 39.9 Å². The molecule has 9 aromatic carbocycles. The highest BCUT2D eigenvalue weighted by Gasteiger charge is 2.22. The average Bonchev–Trinajstić information content (AvgIpc) is 1.61. The summed E-state index contributed by atoms with van der Waals surface area (Å²) in [6, 6.07) is 56.9. The molecule has 0 saturated carbocycles. The Morgan fingerprint density at radius 3 is 1.17 bits per heavy atom. The lowest BCUT2D eigenvalue weighted by Gasteiger charge is -2.11. The minimum atomic E-state index is -0.643. The molecule has 13 aromatic rings. The summed E-state index contributed by atoms with van der Waals surface area (Å²) in [5, 5.41) is 68.9. The highest BCUT2D eigenvalue weighted by molar-refractivity contribution is 5.86. The minimum Gasteiger partial charge on any atom is -0.502 e. The van der Waals surface area contributed by atoms with Crippen LogP contribution in [0.1, 0.15) is 0 Å². The number of aromatic nitrogens is 8. The number of nitro groups is 4. The Morgan fingerprint density at radius 2 is 0.722 bits per heavy atom. The van der Waals surface area contributed by atoms with Crippen LogP contribution in [0.2, 0.25) is 0 Å². The van der Waals surface area contributed by atoms with E-state index in [1.807, 2.05) is 66.7 Å². The molecule has 1 aliphatic heterocycles. The molecule has 14 rings (SSSR count). The first-order chi connectivity index (χ1) is 52.4. The summed E-state index contributed by atoms with van der Waals surface area (Å²) in [5.41, 5.74) is 6.70. The molecule has 0 fully saturated rings. The van der Waals surface area contributed by atoms with E-state index in [1.165, 1.54) is 57.7 Å². The number of phenols is 1. The van der Waals surface area contributed by atoms with E-state index in [2.05, 4.69) is 61.1 Å². The number of methoxy groups -OCH3 is 6. The second kappa shape index (κ2) is 34.5. The van der Waals surface area contributed by atoms with Gasteiger partial charge in [-0.2, -0.15) is 0 Å². The van der Waals surface area contributed by atoms with Crippen LogP contribution in [0.4, 0.5) is 69.3 Å². The van der Waals surface area contributed by atoms with E-state index < -0.39 is 25.4 Å². The molecular formula is C75H62N16O17. The normalized spacial score (nSPS) is 10.8. The number of hydrogen-bond donors (Lipinski definition) is 5. The predicted octanol–water partition coefficient (Wildman–Crippen LogP) is 15.8. The Balaban J connectivity index is 0.000000143. The maximum atomic E-state index is 11.3. The van der Waals surface area contributed by atoms with Crippen molar-refractivity contribution in [2.45, 2.75) is 0 Å². The molecule has 33 nitrogen and oxygen atoms in total. The van der Waals surface area contributed by atoms with Gasteiger partial charge in [-0.05, 0) is 132 Å². The van der Waals surface area contributed by atoms with Crippen LogP contribution in [0.15, 0.2) is 225 Å². The molecule has 33 heteroatoms. The van der Waals surface area contributed by atoms with E-state index in [0.29, 0.717) is 103 Å². The SMILES string of the molecule is COc1ccc(-c2ccnc(Nc3ccc4c(c3)OCO4)n2)cc1[N+](=O)[O-].COc1ccc(-c2ccnc(Nc3ccc4ccccc4c3)n2)cc1[N+](=O)[O-].COc1ccc(Nc2nccc(-c3ccc(OC)c([N+](=O)[O-])c3)n2)cc1OC.COc1cccc(Nc2nccc(-c3ccc(O)c([N+](=O)[O-])c3)n2)c1. The average molecular weight is 1460 g/mol. The number of anilines is 8. The Morgan fingerprint density at radius 1 is 0.343 bits per heavy atom. The van der Waals surface area contributed by atoms with Gasteiger partial charge >= 0.3 is 22.7 Å². The zero-order chi connectivity index (χ0) is 76.2. The summed E-state index contributed by atoms with van der Waals surface area (Å²) in [6.07, 6.45) is 6.31. The number of ether oxygens (including phenoxy) is 8. The van der Waals surface area contributed by atoms with Gasteiger partial charge in [-0.3, -0.25) is 40.5 Å². The van der Waals surface area contributed by atoms with Gasteiger partial charge in [0.25, 0.3) is 0 Å². The fraction of sp³-hybridized carbons (Fsp3) is 0.0933. The lowest BCUT2D eigenvalue weighted by atomic mass is 10.1. The highest BCUT2D eigenvalue weighted by Crippen LogP contribution is 2.39. The molecule has 0 unspecified atom stereocenters. The number of nitrogens with one attached hydrogen (secondary N) is 4. The second-order valence-corrected chi connectivity index (χ2v) is 22.4. The van der Waals surface area contributed by atoms with Crippen LogP contribution in [0, 0.1) is 40.5 Å². The van der Waals surface area contributed by atoms with Gasteiger partial charge in [0.2, 0.25) is 30.6 Å². The van der Waals surface area contributed by atoms with E-state index in [0.717, 1.165) is 27.8 Å². The number of aromatic hydroxyl groups is 1. The first-order valence-corrected chi connectivity index (χ1v) is 32.0. The first kappa shape index (κ1) is 73.8. The van der Waals surface area contributed by atoms with Gasteiger partial charge in [0, 0.05) is 112 Å². The van der Waals surface area contributed by atoms with Gasteiger partial charge in [-0.1, -0.05) is 36.4 Å². The van der Waals surface area contributed by atoms with Crippen LogP contribution >= 0.6 is 0 Å². The summed E-state index contributed by atoms with van der Waals surface area (Å²) in [5.74, 6) is 4.80. The van der Waals surface area contributed by atoms with E-state index in [4.69, 9.17) is 37.9 Å². The summed E-state index contributed by atoms with van der Waals surface area (Å²) in [6.45, 7) is 0.195. The molecule has 5 N–H and O–H groups in total. The van der Waals surface area contributed by atoms with Crippen molar-refractivity contribution < 1.29 is 62.7 Å². The Labute approximate surface area is 613 Å². The standard InChI is InChI=1S/C21H16N4O3.C19H18N4O5.C18H14N4O5.C17H14N4O4/c1-28-20-9-7-16(13-19(20)25(26)27)18-10-11-22-21(24-18)23-17-8-6-14-4-2-3-5-15(14)12-17;1-26-16-6-4-12(10-15(16)23(24)25)14-8-9-20-19(22-14)21-13-5-7-17(27-2)18(11-13)28-3;1-25-15-4-2-11(8-14(15)22(23)24)13-6-7-19-18(21-13)20-12-3-5-16-17(9-12)27-10-26-16;1-25-13-4-2-3-12(10-13)19-17-18-8-7-14(20-17)11-5-6-16(22)15(9-11)21(23)24/h2-13H,1H3,(H,22,23,24);4-11H,1-3H3,(H,20,21,22);2-9H,10H2,1H3,(H,19,20,21);2-10,22H,1H3,(H,18,19,20). The van der Waals surface area contributed by atoms with E-state index in [9.17, 15) is 45.6 Å². The van der Waals surface area contributed by atoms with E-state index in [1.54, 1.807) is 143 Å². The molecule has 0 saturated heterocycles. The molecule has 5 heterocycles. The fourth-order valence-electron chi connectivity index (χ4n) is 10.5. The third-order valence-corrected chi connectivity index (χ3v) is 15.7. The number of fused-ring (bicyclic) bond motifs is 2. The molecule has 4 aromatic heterocycles. The Bertz CT molecular complexity index is 5470. The third kappa shape index (κ3) is 18.4. The van der Waals surface area contributed by atoms with Gasteiger partial charge < -0.3 is 64.3 Å². The number of nitrogens with zero attached hydrogens (tertiary/aromatic N) is 12. The van der Waals surface area contributed by atoms with Crippen LogP contribution in [-0.2, 0) is 0 Å². The Hall–Kier alpha value is -15.4. The van der Waals surface area contributed by atoms with Crippen molar-refractivity contribution in [1.82, 2.24) is 39.9 Å². The minimum absolute atomic E-state index is 0.109. The largest absolute Gasteiger partial charge is 0.502 e. The molecule has 0 bridgehead atoms. The van der Waals surface area contributed by atoms with Crippen molar-refractivity contribution in [3.63, 3.8) is 0 Å². The fourth-order valence-corrected chi connectivity index (χ4v) is 10.5. The molecule has 1 aliphatic rings. The van der Waals surface area contributed by atoms with Crippen molar-refractivity contribution in [2.75, 3.05) is 70.7 Å². The summed E-state index contributed by atoms with van der Waals surface area (Å²) in [4.78, 5) is 77.1. The van der Waals surface area contributed by atoms with Crippen molar-refractivity contribution >= 4 is 80.1 Å². The predicted molar refractivity (Wildman–Crippen MR) is 400 cm³/mol. The zero-order valence-electron chi connectivity index (χ0n) is 57.9. The topological polar surface area (TPSA) is 418 Å². The lowest BCUT2D eigenvalue weighted by Crippen LogP contribution is -1.99. The van der Waals surface area contributed by atoms with Crippen molar-refractivity contribution in [3.8, 4) is 96.8 Å². The number of hydrogen-bond acceptors (Lipinski definition) is 29. The summed E-state index contributed by atoms with van der Waals surface area (Å²) >= 11 is 0. The van der Waals surface area contributed by atoms with Crippen LogP contribution in [0.25, 0.3) is 55.8 Å². The van der Waals surface area contributed by atoms with E-state index in [-0.39, 0.29) is 46.8 Å². The molecule has 0 amide bonds. The van der Waals surface area contributed by atoms with E-state index >= 15 is 0 Å². The van der Waals surface area contributed by atoms with Crippen LogP contribution in [-0.4, -0.2) is 114 Å². The smallest absolute Gasteiger partial charge is 0.311 e. The van der Waals surface area contributed by atoms with Crippen molar-refractivity contribution in [3.05, 3.63) is 265 Å². The molecule has 0 aliphatic carbocycles. The Kier molecular flexibility index (Phi) is 23.6. The maximum absolute atomic E-state index is 11.3. The number of phenolic OH excluding ortho intramolecular Hbond substituents is 1. The molecule has 108 heavy (non-hydrogen) atoms. The zero-order valence-corrected chi connectivity index (χ0v) is 57.9. The lowest BCUT2D eigenvalue weighted by molar-refractivity contribution is -0.385. The maximum Gasteiger partial charge on any atom is 0.311 e. The van der Waals surface area contributed by atoms with Gasteiger partial charge in [0.1, 0.15) is 5.75 Å². The van der Waals surface area contributed by atoms with Crippen LogP contribution < -0.4 is 59.2 Å². The number of benzene rings is 9. The quantitative estimate of drug-likeness (QED) is 0.0311.